The highest BCUT2D eigenvalue weighted by Gasteiger charge is 2.23. The van der Waals surface area contributed by atoms with Gasteiger partial charge in [0.2, 0.25) is 5.95 Å². The summed E-state index contributed by atoms with van der Waals surface area (Å²) in [6.07, 6.45) is 4.04. The minimum Gasteiger partial charge on any atom is -0.493 e. The average Bonchev–Trinajstić information content (AvgIpc) is 3.43. The van der Waals surface area contributed by atoms with Gasteiger partial charge in [-0.25, -0.2) is 0 Å². The second-order valence-electron chi connectivity index (χ2n) is 7.45. The van der Waals surface area contributed by atoms with E-state index in [1.165, 1.54) is 12.8 Å². The van der Waals surface area contributed by atoms with Gasteiger partial charge in [0, 0.05) is 18.8 Å². The summed E-state index contributed by atoms with van der Waals surface area (Å²) in [6, 6.07) is 13.2. The van der Waals surface area contributed by atoms with Crippen LogP contribution in [0.3, 0.4) is 0 Å². The Morgan fingerprint density at radius 1 is 1.23 bits per heavy atom. The number of ether oxygens (including phenoxy) is 1. The highest BCUT2D eigenvalue weighted by atomic mass is 32.2. The molecule has 0 bridgehead atoms. The zero-order valence-corrected chi connectivity index (χ0v) is 17.8. The van der Waals surface area contributed by atoms with Crippen LogP contribution >= 0.6 is 11.8 Å². The zero-order valence-electron chi connectivity index (χ0n) is 17.0. The molecule has 1 aliphatic rings. The third-order valence-electron chi connectivity index (χ3n) is 5.20. The van der Waals surface area contributed by atoms with Gasteiger partial charge in [-0.15, -0.1) is 10.2 Å². The molecule has 7 nitrogen and oxygen atoms in total. The minimum absolute atomic E-state index is 0.518. The number of nitriles is 1. The number of aromatic nitrogens is 3. The van der Waals surface area contributed by atoms with Gasteiger partial charge in [-0.3, -0.25) is 4.57 Å². The molecule has 0 saturated carbocycles. The standard InChI is InChI=1S/C22H25N5O2S/c1-17-7-9-26(10-8-17)21-24-25-22(27(21)16-20-6-3-11-28-20)30-13-12-29-19-5-2-4-18(14-19)15-23/h2-6,11,14,17H,7-10,12-13,16H2,1H3. The van der Waals surface area contributed by atoms with Gasteiger partial charge in [-0.2, -0.15) is 5.26 Å². The molecule has 0 unspecified atom stereocenters. The monoisotopic (exact) mass is 423 g/mol. The van der Waals surface area contributed by atoms with Gasteiger partial charge in [0.25, 0.3) is 0 Å². The van der Waals surface area contributed by atoms with Crippen LogP contribution in [0.25, 0.3) is 0 Å². The van der Waals surface area contributed by atoms with Crippen LogP contribution in [0.5, 0.6) is 5.75 Å². The molecule has 30 heavy (non-hydrogen) atoms. The maximum absolute atomic E-state index is 9.00. The second kappa shape index (κ2) is 9.72. The fraction of sp³-hybridized carbons (Fsp3) is 0.409. The van der Waals surface area contributed by atoms with Crippen molar-refractivity contribution in [1.29, 1.82) is 5.26 Å². The normalized spacial score (nSPS) is 14.6. The summed E-state index contributed by atoms with van der Waals surface area (Å²) >= 11 is 1.61. The van der Waals surface area contributed by atoms with Crippen LogP contribution in [0.2, 0.25) is 0 Å². The molecule has 1 saturated heterocycles. The first kappa shape index (κ1) is 20.4. The van der Waals surface area contributed by atoms with Crippen molar-refractivity contribution in [3.8, 4) is 11.8 Å². The molecule has 1 fully saturated rings. The van der Waals surface area contributed by atoms with E-state index in [2.05, 4.69) is 32.7 Å². The lowest BCUT2D eigenvalue weighted by atomic mass is 10.00. The molecule has 3 aromatic rings. The van der Waals surface area contributed by atoms with Crippen molar-refractivity contribution in [3.05, 3.63) is 54.0 Å². The molecule has 0 radical (unpaired) electrons. The Labute approximate surface area is 180 Å². The lowest BCUT2D eigenvalue weighted by molar-refractivity contribution is 0.343. The van der Waals surface area contributed by atoms with Crippen LogP contribution in [0.1, 0.15) is 31.1 Å². The summed E-state index contributed by atoms with van der Waals surface area (Å²) in [6.45, 7) is 5.43. The molecule has 8 heteroatoms. The quantitative estimate of drug-likeness (QED) is 0.397. The van der Waals surface area contributed by atoms with E-state index in [-0.39, 0.29) is 0 Å². The highest BCUT2D eigenvalue weighted by Crippen LogP contribution is 2.27. The Balaban J connectivity index is 1.42. The van der Waals surface area contributed by atoms with Crippen LogP contribution in [0.15, 0.2) is 52.2 Å². The van der Waals surface area contributed by atoms with Gasteiger partial charge in [0.1, 0.15) is 11.5 Å². The number of anilines is 1. The molecule has 3 heterocycles. The van der Waals surface area contributed by atoms with Crippen molar-refractivity contribution in [2.75, 3.05) is 30.3 Å². The average molecular weight is 424 g/mol. The van der Waals surface area contributed by atoms with Crippen molar-refractivity contribution in [2.45, 2.75) is 31.5 Å². The first-order valence-electron chi connectivity index (χ1n) is 10.2. The first-order chi connectivity index (χ1) is 14.7. The first-order valence-corrected chi connectivity index (χ1v) is 11.2. The number of hydrogen-bond acceptors (Lipinski definition) is 7. The summed E-state index contributed by atoms with van der Waals surface area (Å²) in [5.74, 6) is 3.98. The van der Waals surface area contributed by atoms with E-state index in [9.17, 15) is 0 Å². The summed E-state index contributed by atoms with van der Waals surface area (Å²) in [7, 11) is 0. The van der Waals surface area contributed by atoms with E-state index in [0.29, 0.717) is 24.5 Å². The molecule has 0 amide bonds. The third-order valence-corrected chi connectivity index (χ3v) is 6.14. The molecule has 0 spiro atoms. The SMILES string of the molecule is CC1CCN(c2nnc(SCCOc3cccc(C#N)c3)n2Cc2ccco2)CC1. The van der Waals surface area contributed by atoms with Crippen LogP contribution < -0.4 is 9.64 Å². The number of nitrogens with zero attached hydrogens (tertiary/aromatic N) is 5. The van der Waals surface area contributed by atoms with Crippen LogP contribution in [0.4, 0.5) is 5.95 Å². The smallest absolute Gasteiger partial charge is 0.228 e. The van der Waals surface area contributed by atoms with Crippen molar-refractivity contribution in [3.63, 3.8) is 0 Å². The van der Waals surface area contributed by atoms with Crippen molar-refractivity contribution >= 4 is 17.7 Å². The fourth-order valence-electron chi connectivity index (χ4n) is 3.47. The fourth-order valence-corrected chi connectivity index (χ4v) is 4.22. The molecule has 156 valence electrons. The summed E-state index contributed by atoms with van der Waals surface area (Å²) < 4.78 is 13.5. The number of piperidine rings is 1. The Hall–Kier alpha value is -2.92. The molecule has 4 rings (SSSR count). The van der Waals surface area contributed by atoms with Gasteiger partial charge in [-0.1, -0.05) is 24.8 Å². The van der Waals surface area contributed by atoms with Gasteiger partial charge in [0.15, 0.2) is 5.16 Å². The van der Waals surface area contributed by atoms with Gasteiger partial charge in [-0.05, 0) is 49.1 Å². The molecule has 1 aliphatic heterocycles. The van der Waals surface area contributed by atoms with Crippen molar-refractivity contribution in [2.24, 2.45) is 5.92 Å². The Morgan fingerprint density at radius 3 is 2.87 bits per heavy atom. The second-order valence-corrected chi connectivity index (χ2v) is 8.52. The Kier molecular flexibility index (Phi) is 6.60. The van der Waals surface area contributed by atoms with E-state index < -0.39 is 0 Å². The molecule has 0 atom stereocenters. The molecule has 2 aromatic heterocycles. The predicted octanol–water partition coefficient (Wildman–Crippen LogP) is 4.20. The lowest BCUT2D eigenvalue weighted by Crippen LogP contribution is -2.35. The molecule has 0 aliphatic carbocycles. The van der Waals surface area contributed by atoms with Crippen LogP contribution in [0, 0.1) is 17.2 Å². The summed E-state index contributed by atoms with van der Waals surface area (Å²) in [5.41, 5.74) is 0.596. The molecular formula is C22H25N5O2S. The zero-order chi connectivity index (χ0) is 20.8. The van der Waals surface area contributed by atoms with Crippen molar-refractivity contribution in [1.82, 2.24) is 14.8 Å². The van der Waals surface area contributed by atoms with E-state index in [1.54, 1.807) is 30.2 Å². The number of benzene rings is 1. The molecule has 1 aromatic carbocycles. The maximum Gasteiger partial charge on any atom is 0.228 e. The Bertz CT molecular complexity index is 987. The number of thioether (sulfide) groups is 1. The minimum atomic E-state index is 0.518. The number of hydrogen-bond donors (Lipinski definition) is 0. The largest absolute Gasteiger partial charge is 0.493 e. The summed E-state index contributed by atoms with van der Waals surface area (Å²) in [5, 5.41) is 18.8. The maximum atomic E-state index is 9.00. The predicted molar refractivity (Wildman–Crippen MR) is 116 cm³/mol. The van der Waals surface area contributed by atoms with Gasteiger partial charge in [0.05, 0.1) is 31.0 Å². The van der Waals surface area contributed by atoms with Gasteiger partial charge < -0.3 is 14.1 Å². The number of furan rings is 1. The van der Waals surface area contributed by atoms with Gasteiger partial charge >= 0.3 is 0 Å². The lowest BCUT2D eigenvalue weighted by Gasteiger charge is -2.31. The number of rotatable bonds is 8. The van der Waals surface area contributed by atoms with E-state index in [0.717, 1.165) is 41.6 Å². The highest BCUT2D eigenvalue weighted by molar-refractivity contribution is 7.99. The van der Waals surface area contributed by atoms with E-state index in [4.69, 9.17) is 14.4 Å². The third kappa shape index (κ3) is 4.97. The molecular weight excluding hydrogens is 398 g/mol. The Morgan fingerprint density at radius 2 is 2.10 bits per heavy atom. The van der Waals surface area contributed by atoms with Crippen LogP contribution in [-0.4, -0.2) is 40.2 Å². The van der Waals surface area contributed by atoms with Crippen LogP contribution in [-0.2, 0) is 6.54 Å². The molecule has 0 N–H and O–H groups in total. The van der Waals surface area contributed by atoms with E-state index >= 15 is 0 Å². The van der Waals surface area contributed by atoms with E-state index in [1.807, 2.05) is 24.3 Å². The van der Waals surface area contributed by atoms with Crippen molar-refractivity contribution < 1.29 is 9.15 Å². The topological polar surface area (TPSA) is 80.1 Å². The summed E-state index contributed by atoms with van der Waals surface area (Å²) in [4.78, 5) is 2.32.